The number of benzene rings is 2. The zero-order valence-electron chi connectivity index (χ0n) is 14.3. The molecular weight excluding hydrogens is 336 g/mol. The lowest BCUT2D eigenvalue weighted by Crippen LogP contribution is -2.46. The van der Waals surface area contributed by atoms with Gasteiger partial charge in [-0.3, -0.25) is 25.0 Å². The van der Waals surface area contributed by atoms with Crippen LogP contribution in [0.25, 0.3) is 0 Å². The first-order valence-electron chi connectivity index (χ1n) is 8.05. The number of non-ortho nitro benzene ring substituents is 1. The first-order valence-corrected chi connectivity index (χ1v) is 8.05. The normalized spacial score (nSPS) is 11.4. The summed E-state index contributed by atoms with van der Waals surface area (Å²) in [6, 6.07) is 14.3. The van der Waals surface area contributed by atoms with E-state index in [2.05, 4.69) is 16.0 Å². The summed E-state index contributed by atoms with van der Waals surface area (Å²) >= 11 is 0. The Balaban J connectivity index is 1.73. The third-order valence-electron chi connectivity index (χ3n) is 3.70. The molecule has 0 aromatic heterocycles. The highest BCUT2D eigenvalue weighted by Crippen LogP contribution is 2.11. The molecule has 0 unspecified atom stereocenters. The molecule has 8 nitrogen and oxygen atoms in total. The van der Waals surface area contributed by atoms with E-state index >= 15 is 0 Å². The van der Waals surface area contributed by atoms with Gasteiger partial charge in [-0.1, -0.05) is 30.3 Å². The molecule has 0 fully saturated rings. The Morgan fingerprint density at radius 2 is 1.69 bits per heavy atom. The maximum Gasteiger partial charge on any atom is 0.269 e. The highest BCUT2D eigenvalue weighted by Gasteiger charge is 2.13. The van der Waals surface area contributed by atoms with Gasteiger partial charge in [0, 0.05) is 24.2 Å². The predicted octanol–water partition coefficient (Wildman–Crippen LogP) is 1.58. The summed E-state index contributed by atoms with van der Waals surface area (Å²) in [5.74, 6) is -0.567. The van der Waals surface area contributed by atoms with Crippen LogP contribution in [-0.2, 0) is 11.3 Å². The standard InChI is InChI=1S/C18H20N4O4/c1-13(17(23)19-11-14-5-3-2-4-6-14)20-12-21-18(24)15-7-9-16(10-8-15)22(25)26/h2-10,13,20H,11-12H2,1H3,(H,19,23)(H,21,24)/t13-/m0/s1. The van der Waals surface area contributed by atoms with Gasteiger partial charge in [-0.05, 0) is 24.6 Å². The molecule has 1 atom stereocenters. The number of nitrogens with zero attached hydrogens (tertiary/aromatic N) is 1. The first-order chi connectivity index (χ1) is 12.5. The van der Waals surface area contributed by atoms with Gasteiger partial charge in [-0.2, -0.15) is 0 Å². The monoisotopic (exact) mass is 356 g/mol. The average Bonchev–Trinajstić information content (AvgIpc) is 2.66. The Labute approximate surface area is 150 Å². The number of hydrogen-bond acceptors (Lipinski definition) is 5. The third-order valence-corrected chi connectivity index (χ3v) is 3.70. The number of amides is 2. The van der Waals surface area contributed by atoms with Crippen LogP contribution in [0, 0.1) is 10.1 Å². The average molecular weight is 356 g/mol. The van der Waals surface area contributed by atoms with Gasteiger partial charge in [0.05, 0.1) is 17.6 Å². The van der Waals surface area contributed by atoms with Crippen molar-refractivity contribution in [2.24, 2.45) is 0 Å². The Morgan fingerprint density at radius 3 is 2.31 bits per heavy atom. The van der Waals surface area contributed by atoms with Crippen molar-refractivity contribution in [3.8, 4) is 0 Å². The van der Waals surface area contributed by atoms with Crippen molar-refractivity contribution in [2.45, 2.75) is 19.5 Å². The van der Waals surface area contributed by atoms with E-state index in [1.165, 1.54) is 24.3 Å². The van der Waals surface area contributed by atoms with Gasteiger partial charge < -0.3 is 10.6 Å². The zero-order chi connectivity index (χ0) is 18.9. The molecule has 0 saturated heterocycles. The fraction of sp³-hybridized carbons (Fsp3) is 0.222. The number of carbonyl (C=O) groups excluding carboxylic acids is 2. The largest absolute Gasteiger partial charge is 0.351 e. The van der Waals surface area contributed by atoms with Crippen LogP contribution in [0.15, 0.2) is 54.6 Å². The molecule has 2 rings (SSSR count). The van der Waals surface area contributed by atoms with Crippen LogP contribution in [0.5, 0.6) is 0 Å². The van der Waals surface area contributed by atoms with Crippen molar-refractivity contribution in [1.29, 1.82) is 0 Å². The highest BCUT2D eigenvalue weighted by molar-refractivity contribution is 5.94. The smallest absolute Gasteiger partial charge is 0.269 e. The summed E-state index contributed by atoms with van der Waals surface area (Å²) in [6.45, 7) is 2.22. The van der Waals surface area contributed by atoms with Gasteiger partial charge in [-0.15, -0.1) is 0 Å². The van der Waals surface area contributed by atoms with Crippen molar-refractivity contribution in [3.05, 3.63) is 75.8 Å². The lowest BCUT2D eigenvalue weighted by atomic mass is 10.2. The third kappa shape index (κ3) is 5.67. The van der Waals surface area contributed by atoms with Crippen LogP contribution in [0.3, 0.4) is 0 Å². The molecule has 26 heavy (non-hydrogen) atoms. The zero-order valence-corrected chi connectivity index (χ0v) is 14.3. The second kappa shape index (κ2) is 9.28. The topological polar surface area (TPSA) is 113 Å². The van der Waals surface area contributed by atoms with E-state index in [1.54, 1.807) is 6.92 Å². The van der Waals surface area contributed by atoms with E-state index in [9.17, 15) is 19.7 Å². The molecule has 2 aromatic rings. The van der Waals surface area contributed by atoms with Crippen molar-refractivity contribution in [2.75, 3.05) is 6.67 Å². The predicted molar refractivity (Wildman–Crippen MR) is 96.3 cm³/mol. The number of nitrogens with one attached hydrogen (secondary N) is 3. The van der Waals surface area contributed by atoms with Gasteiger partial charge in [0.2, 0.25) is 5.91 Å². The van der Waals surface area contributed by atoms with Gasteiger partial charge in [0.15, 0.2) is 0 Å². The highest BCUT2D eigenvalue weighted by atomic mass is 16.6. The Morgan fingerprint density at radius 1 is 1.04 bits per heavy atom. The van der Waals surface area contributed by atoms with Crippen LogP contribution in [0.4, 0.5) is 5.69 Å². The lowest BCUT2D eigenvalue weighted by molar-refractivity contribution is -0.384. The summed E-state index contributed by atoms with van der Waals surface area (Å²) in [6.07, 6.45) is 0. The molecule has 0 radical (unpaired) electrons. The molecule has 0 heterocycles. The van der Waals surface area contributed by atoms with E-state index in [1.807, 2.05) is 30.3 Å². The molecule has 0 saturated carbocycles. The fourth-order valence-corrected chi connectivity index (χ4v) is 2.15. The van der Waals surface area contributed by atoms with Crippen LogP contribution in [-0.4, -0.2) is 29.4 Å². The SMILES string of the molecule is C[C@H](NCNC(=O)c1ccc([N+](=O)[O-])cc1)C(=O)NCc1ccccc1. The maximum absolute atomic E-state index is 12.0. The molecular formula is C18H20N4O4. The molecule has 0 aliphatic rings. The number of carbonyl (C=O) groups is 2. The summed E-state index contributed by atoms with van der Waals surface area (Å²) < 4.78 is 0. The van der Waals surface area contributed by atoms with Gasteiger partial charge in [0.1, 0.15) is 0 Å². The molecule has 3 N–H and O–H groups in total. The second-order valence-electron chi connectivity index (χ2n) is 5.62. The minimum atomic E-state index is -0.529. The van der Waals surface area contributed by atoms with Gasteiger partial charge >= 0.3 is 0 Å². The van der Waals surface area contributed by atoms with Crippen molar-refractivity contribution < 1.29 is 14.5 Å². The Hall–Kier alpha value is -3.26. The summed E-state index contributed by atoms with van der Waals surface area (Å²) in [5.41, 5.74) is 1.22. The lowest BCUT2D eigenvalue weighted by Gasteiger charge is -2.14. The molecule has 2 aromatic carbocycles. The molecule has 0 aliphatic heterocycles. The Bertz CT molecular complexity index is 763. The first kappa shape index (κ1) is 19.1. The van der Waals surface area contributed by atoms with Crippen molar-refractivity contribution in [3.63, 3.8) is 0 Å². The number of hydrogen-bond donors (Lipinski definition) is 3. The van der Waals surface area contributed by atoms with Gasteiger partial charge in [-0.25, -0.2) is 0 Å². The molecule has 2 amide bonds. The quantitative estimate of drug-likeness (QED) is 0.377. The van der Waals surface area contributed by atoms with Crippen LogP contribution in [0.1, 0.15) is 22.8 Å². The van der Waals surface area contributed by atoms with Crippen molar-refractivity contribution in [1.82, 2.24) is 16.0 Å². The number of nitro benzene ring substituents is 1. The van der Waals surface area contributed by atoms with E-state index in [0.717, 1.165) is 5.56 Å². The van der Waals surface area contributed by atoms with Crippen molar-refractivity contribution >= 4 is 17.5 Å². The minimum Gasteiger partial charge on any atom is -0.351 e. The summed E-state index contributed by atoms with van der Waals surface area (Å²) in [5, 5.41) is 18.9. The molecule has 0 aliphatic carbocycles. The van der Waals surface area contributed by atoms with Crippen LogP contribution >= 0.6 is 0 Å². The second-order valence-corrected chi connectivity index (χ2v) is 5.62. The molecule has 0 spiro atoms. The molecule has 8 heteroatoms. The Kier molecular flexibility index (Phi) is 6.81. The van der Waals surface area contributed by atoms with Crippen LogP contribution in [0.2, 0.25) is 0 Å². The van der Waals surface area contributed by atoms with E-state index < -0.39 is 11.0 Å². The minimum absolute atomic E-state index is 0.0802. The van der Waals surface area contributed by atoms with E-state index in [4.69, 9.17) is 0 Å². The molecule has 136 valence electrons. The maximum atomic E-state index is 12.0. The fourth-order valence-electron chi connectivity index (χ4n) is 2.15. The number of nitro groups is 1. The summed E-state index contributed by atoms with van der Waals surface area (Å²) in [7, 11) is 0. The van der Waals surface area contributed by atoms with Gasteiger partial charge in [0.25, 0.3) is 11.6 Å². The molecule has 0 bridgehead atoms. The van der Waals surface area contributed by atoms with E-state index in [0.29, 0.717) is 12.1 Å². The van der Waals surface area contributed by atoms with Crippen LogP contribution < -0.4 is 16.0 Å². The van der Waals surface area contributed by atoms with E-state index in [-0.39, 0.29) is 24.2 Å². The number of rotatable bonds is 8. The summed E-state index contributed by atoms with van der Waals surface area (Å²) in [4.78, 5) is 34.0.